The summed E-state index contributed by atoms with van der Waals surface area (Å²) in [5.41, 5.74) is 0.170. The van der Waals surface area contributed by atoms with E-state index in [4.69, 9.17) is 10.2 Å². The third-order valence-electron chi connectivity index (χ3n) is 1.44. The average molecular weight is 205 g/mol. The number of primary sulfonamides is 1. The van der Waals surface area contributed by atoms with Crippen LogP contribution in [0.3, 0.4) is 0 Å². The van der Waals surface area contributed by atoms with Crippen LogP contribution in [0.25, 0.3) is 0 Å². The van der Waals surface area contributed by atoms with E-state index in [1.165, 1.54) is 0 Å². The van der Waals surface area contributed by atoms with Gasteiger partial charge in [0.05, 0.1) is 11.5 Å². The zero-order chi connectivity index (χ0) is 10.1. The average Bonchev–Trinajstić information content (AvgIpc) is 2.01. The zero-order valence-electron chi connectivity index (χ0n) is 6.57. The Morgan fingerprint density at radius 1 is 1.38 bits per heavy atom. The minimum atomic E-state index is -3.91. The van der Waals surface area contributed by atoms with Crippen molar-refractivity contribution in [3.63, 3.8) is 0 Å². The molecule has 0 bridgehead atoms. The van der Waals surface area contributed by atoms with E-state index in [1.54, 1.807) is 0 Å². The van der Waals surface area contributed by atoms with E-state index in [-0.39, 0.29) is 10.5 Å². The summed E-state index contributed by atoms with van der Waals surface area (Å²) in [5, 5.41) is 13.4. The molecule has 0 aliphatic heterocycles. The van der Waals surface area contributed by atoms with Gasteiger partial charge in [0.15, 0.2) is 0 Å². The summed E-state index contributed by atoms with van der Waals surface area (Å²) in [4.78, 5) is -0.337. The normalized spacial score (nSPS) is 11.6. The number of sulfonamides is 1. The fourth-order valence-electron chi connectivity index (χ4n) is 0.876. The van der Waals surface area contributed by atoms with Crippen molar-refractivity contribution < 1.29 is 17.9 Å². The lowest BCUT2D eigenvalue weighted by Gasteiger charge is -2.01. The predicted octanol–water partition coefficient (Wildman–Crippen LogP) is -0.0346. The standard InChI is InChI=1S/C7H8FNO3S/c8-6-1-5(4-10)2-7(3-6)13(9,11)12/h1-3,10H,4H2,(H2,9,11,12). The number of benzene rings is 1. The van der Waals surface area contributed by atoms with Crippen LogP contribution in [0.15, 0.2) is 23.1 Å². The predicted molar refractivity (Wildman–Crippen MR) is 43.7 cm³/mol. The molecule has 0 atom stereocenters. The van der Waals surface area contributed by atoms with E-state index in [9.17, 15) is 12.8 Å². The number of aliphatic hydroxyl groups excluding tert-OH is 1. The van der Waals surface area contributed by atoms with Gasteiger partial charge in [-0.1, -0.05) is 0 Å². The lowest BCUT2D eigenvalue weighted by Crippen LogP contribution is -2.12. The highest BCUT2D eigenvalue weighted by atomic mass is 32.2. The zero-order valence-corrected chi connectivity index (χ0v) is 7.38. The monoisotopic (exact) mass is 205 g/mol. The van der Waals surface area contributed by atoms with Gasteiger partial charge in [-0.25, -0.2) is 17.9 Å². The topological polar surface area (TPSA) is 80.4 Å². The lowest BCUT2D eigenvalue weighted by atomic mass is 10.2. The van der Waals surface area contributed by atoms with Crippen molar-refractivity contribution in [2.45, 2.75) is 11.5 Å². The molecule has 0 heterocycles. The second-order valence-electron chi connectivity index (χ2n) is 2.50. The molecule has 4 nitrogen and oxygen atoms in total. The molecule has 0 spiro atoms. The first-order valence-electron chi connectivity index (χ1n) is 3.36. The van der Waals surface area contributed by atoms with Crippen LogP contribution in [-0.2, 0) is 16.6 Å². The second kappa shape index (κ2) is 3.41. The van der Waals surface area contributed by atoms with E-state index < -0.39 is 22.4 Å². The Morgan fingerprint density at radius 3 is 2.46 bits per heavy atom. The molecule has 0 saturated carbocycles. The SMILES string of the molecule is NS(=O)(=O)c1cc(F)cc(CO)c1. The molecule has 1 aromatic rings. The number of rotatable bonds is 2. The summed E-state index contributed by atoms with van der Waals surface area (Å²) < 4.78 is 34.3. The Balaban J connectivity index is 3.33. The summed E-state index contributed by atoms with van der Waals surface area (Å²) >= 11 is 0. The molecule has 0 amide bonds. The van der Waals surface area contributed by atoms with Crippen LogP contribution in [0, 0.1) is 5.82 Å². The number of nitrogens with two attached hydrogens (primary N) is 1. The lowest BCUT2D eigenvalue weighted by molar-refractivity contribution is 0.281. The maximum Gasteiger partial charge on any atom is 0.238 e. The highest BCUT2D eigenvalue weighted by molar-refractivity contribution is 7.89. The van der Waals surface area contributed by atoms with Crippen molar-refractivity contribution in [2.24, 2.45) is 5.14 Å². The summed E-state index contributed by atoms with van der Waals surface area (Å²) in [6.07, 6.45) is 0. The molecular formula is C7H8FNO3S. The van der Waals surface area contributed by atoms with Gasteiger partial charge in [-0.15, -0.1) is 0 Å². The first kappa shape index (κ1) is 10.1. The van der Waals surface area contributed by atoms with E-state index in [0.29, 0.717) is 0 Å². The van der Waals surface area contributed by atoms with Crippen LogP contribution in [-0.4, -0.2) is 13.5 Å². The third-order valence-corrected chi connectivity index (χ3v) is 2.33. The van der Waals surface area contributed by atoms with Gasteiger partial charge in [-0.3, -0.25) is 0 Å². The van der Waals surface area contributed by atoms with Gasteiger partial charge >= 0.3 is 0 Å². The van der Waals surface area contributed by atoms with E-state index >= 15 is 0 Å². The molecule has 0 aromatic heterocycles. The number of aliphatic hydroxyl groups is 1. The van der Waals surface area contributed by atoms with Crippen LogP contribution in [0.1, 0.15) is 5.56 Å². The van der Waals surface area contributed by atoms with Crippen molar-refractivity contribution in [3.8, 4) is 0 Å². The van der Waals surface area contributed by atoms with Gasteiger partial charge in [0.1, 0.15) is 5.82 Å². The molecule has 72 valence electrons. The molecule has 0 unspecified atom stereocenters. The van der Waals surface area contributed by atoms with Gasteiger partial charge in [-0.2, -0.15) is 0 Å². The Hall–Kier alpha value is -0.980. The van der Waals surface area contributed by atoms with Crippen molar-refractivity contribution in [3.05, 3.63) is 29.6 Å². The van der Waals surface area contributed by atoms with Crippen molar-refractivity contribution >= 4 is 10.0 Å². The fourth-order valence-corrected chi connectivity index (χ4v) is 1.47. The molecule has 6 heteroatoms. The Labute approximate surface area is 74.9 Å². The van der Waals surface area contributed by atoms with Crippen LogP contribution in [0.2, 0.25) is 0 Å². The molecule has 0 saturated heterocycles. The van der Waals surface area contributed by atoms with E-state index in [0.717, 1.165) is 18.2 Å². The van der Waals surface area contributed by atoms with Gasteiger partial charge < -0.3 is 5.11 Å². The number of halogens is 1. The third kappa shape index (κ3) is 2.48. The molecule has 0 radical (unpaired) electrons. The Morgan fingerprint density at radius 2 is 2.00 bits per heavy atom. The molecule has 1 rings (SSSR count). The van der Waals surface area contributed by atoms with E-state index in [2.05, 4.69) is 0 Å². The molecular weight excluding hydrogens is 197 g/mol. The fraction of sp³-hybridized carbons (Fsp3) is 0.143. The molecule has 3 N–H and O–H groups in total. The van der Waals surface area contributed by atoms with Gasteiger partial charge in [0, 0.05) is 0 Å². The molecule has 0 fully saturated rings. The summed E-state index contributed by atoms with van der Waals surface area (Å²) in [6.45, 7) is -0.430. The summed E-state index contributed by atoms with van der Waals surface area (Å²) in [7, 11) is -3.91. The maximum atomic E-state index is 12.7. The van der Waals surface area contributed by atoms with Crippen LogP contribution in [0.4, 0.5) is 4.39 Å². The second-order valence-corrected chi connectivity index (χ2v) is 4.06. The molecule has 0 aliphatic rings. The minimum absolute atomic E-state index is 0.170. The smallest absolute Gasteiger partial charge is 0.238 e. The van der Waals surface area contributed by atoms with Crippen LogP contribution >= 0.6 is 0 Å². The van der Waals surface area contributed by atoms with E-state index in [1.807, 2.05) is 0 Å². The summed E-state index contributed by atoms with van der Waals surface area (Å²) in [6, 6.07) is 2.96. The maximum absolute atomic E-state index is 12.7. The van der Waals surface area contributed by atoms with Crippen molar-refractivity contribution in [1.82, 2.24) is 0 Å². The Bertz CT molecular complexity index is 416. The highest BCUT2D eigenvalue weighted by Gasteiger charge is 2.10. The highest BCUT2D eigenvalue weighted by Crippen LogP contribution is 2.12. The largest absolute Gasteiger partial charge is 0.392 e. The van der Waals surface area contributed by atoms with Gasteiger partial charge in [-0.05, 0) is 23.8 Å². The quantitative estimate of drug-likeness (QED) is 0.711. The molecule has 13 heavy (non-hydrogen) atoms. The minimum Gasteiger partial charge on any atom is -0.392 e. The Kier molecular flexibility index (Phi) is 2.65. The first-order chi connectivity index (χ1) is 5.93. The van der Waals surface area contributed by atoms with Crippen molar-refractivity contribution in [2.75, 3.05) is 0 Å². The number of hydrogen-bond donors (Lipinski definition) is 2. The van der Waals surface area contributed by atoms with Crippen molar-refractivity contribution in [1.29, 1.82) is 0 Å². The van der Waals surface area contributed by atoms with Gasteiger partial charge in [0.2, 0.25) is 10.0 Å². The first-order valence-corrected chi connectivity index (χ1v) is 4.91. The van der Waals surface area contributed by atoms with Crippen LogP contribution in [0.5, 0.6) is 0 Å². The number of hydrogen-bond acceptors (Lipinski definition) is 3. The van der Waals surface area contributed by atoms with Gasteiger partial charge in [0.25, 0.3) is 0 Å². The summed E-state index contributed by atoms with van der Waals surface area (Å²) in [5.74, 6) is -0.740. The molecule has 0 aliphatic carbocycles. The van der Waals surface area contributed by atoms with Crippen LogP contribution < -0.4 is 5.14 Å². The molecule has 1 aromatic carbocycles.